The number of hydrogen-bond donors (Lipinski definition) is 0. The van der Waals surface area contributed by atoms with E-state index in [4.69, 9.17) is 9.47 Å². The highest BCUT2D eigenvalue weighted by Crippen LogP contribution is 2.27. The maximum atomic E-state index is 13.1. The second-order valence-corrected chi connectivity index (χ2v) is 9.86. The van der Waals surface area contributed by atoms with Gasteiger partial charge >= 0.3 is 0 Å². The van der Waals surface area contributed by atoms with Crippen LogP contribution in [0.5, 0.6) is 11.8 Å². The Kier molecular flexibility index (Phi) is 5.90. The monoisotopic (exact) mass is 405 g/mol. The van der Waals surface area contributed by atoms with Crippen molar-refractivity contribution in [1.29, 1.82) is 0 Å². The fourth-order valence-corrected chi connectivity index (χ4v) is 4.66. The van der Waals surface area contributed by atoms with Crippen LogP contribution in [0, 0.1) is 0 Å². The fraction of sp³-hybridized carbons (Fsp3) is 0.500. The number of sulfonamides is 1. The molecule has 2 heterocycles. The molecule has 0 aliphatic carbocycles. The first-order valence-electron chi connectivity index (χ1n) is 9.33. The van der Waals surface area contributed by atoms with Crippen LogP contribution in [0.3, 0.4) is 0 Å². The second-order valence-electron chi connectivity index (χ2n) is 7.92. The van der Waals surface area contributed by atoms with Gasteiger partial charge in [-0.3, -0.25) is 4.98 Å². The standard InChI is InChI=1S/C20H27N3O4S/c1-20(2,3)15-7-9-17(10-8-15)28(24,25)23-11-5-6-16(14-23)27-19-13-21-12-18(22-19)26-4/h7-10,12-13,16H,5-6,11,14H2,1-4H3. The lowest BCUT2D eigenvalue weighted by atomic mass is 9.87. The van der Waals surface area contributed by atoms with Gasteiger partial charge in [-0.1, -0.05) is 32.9 Å². The average molecular weight is 406 g/mol. The molecule has 0 N–H and O–H groups in total. The van der Waals surface area contributed by atoms with Crippen molar-refractivity contribution in [1.82, 2.24) is 14.3 Å². The van der Waals surface area contributed by atoms with E-state index < -0.39 is 10.0 Å². The highest BCUT2D eigenvalue weighted by atomic mass is 32.2. The van der Waals surface area contributed by atoms with Gasteiger partial charge in [0.15, 0.2) is 0 Å². The van der Waals surface area contributed by atoms with E-state index in [-0.39, 0.29) is 18.1 Å². The fourth-order valence-electron chi connectivity index (χ4n) is 3.15. The van der Waals surface area contributed by atoms with Crippen molar-refractivity contribution in [2.75, 3.05) is 20.2 Å². The van der Waals surface area contributed by atoms with Crippen molar-refractivity contribution < 1.29 is 17.9 Å². The summed E-state index contributed by atoms with van der Waals surface area (Å²) in [6.45, 7) is 7.06. The van der Waals surface area contributed by atoms with E-state index in [1.54, 1.807) is 12.1 Å². The first-order valence-corrected chi connectivity index (χ1v) is 10.8. The predicted molar refractivity (Wildman–Crippen MR) is 106 cm³/mol. The van der Waals surface area contributed by atoms with Crippen molar-refractivity contribution in [3.05, 3.63) is 42.2 Å². The zero-order valence-corrected chi connectivity index (χ0v) is 17.6. The summed E-state index contributed by atoms with van der Waals surface area (Å²) in [6, 6.07) is 7.15. The Balaban J connectivity index is 1.73. The summed E-state index contributed by atoms with van der Waals surface area (Å²) in [4.78, 5) is 8.52. The van der Waals surface area contributed by atoms with Gasteiger partial charge in [-0.25, -0.2) is 8.42 Å². The molecule has 152 valence electrons. The first kappa shape index (κ1) is 20.5. The number of rotatable bonds is 5. The zero-order valence-electron chi connectivity index (χ0n) is 16.8. The topological polar surface area (TPSA) is 81.6 Å². The van der Waals surface area contributed by atoms with Gasteiger partial charge in [0.1, 0.15) is 6.10 Å². The van der Waals surface area contributed by atoms with Gasteiger partial charge < -0.3 is 9.47 Å². The Morgan fingerprint density at radius 2 is 1.79 bits per heavy atom. The molecule has 1 atom stereocenters. The SMILES string of the molecule is COc1cncc(OC2CCCN(S(=O)(=O)c3ccc(C(C)(C)C)cc3)C2)n1. The number of hydrogen-bond acceptors (Lipinski definition) is 6. The van der Waals surface area contributed by atoms with Crippen molar-refractivity contribution in [3.63, 3.8) is 0 Å². The third-order valence-corrected chi connectivity index (χ3v) is 6.67. The molecule has 1 saturated heterocycles. The zero-order chi connectivity index (χ0) is 20.4. The van der Waals surface area contributed by atoms with Crippen LogP contribution >= 0.6 is 0 Å². The molecule has 1 fully saturated rings. The molecule has 1 unspecified atom stereocenters. The number of ether oxygens (including phenoxy) is 2. The Bertz CT molecular complexity index is 908. The minimum Gasteiger partial charge on any atom is -0.480 e. The van der Waals surface area contributed by atoms with Crippen LogP contribution < -0.4 is 9.47 Å². The van der Waals surface area contributed by atoms with Crippen molar-refractivity contribution >= 4 is 10.0 Å². The highest BCUT2D eigenvalue weighted by Gasteiger charge is 2.31. The van der Waals surface area contributed by atoms with Gasteiger partial charge in [-0.05, 0) is 36.0 Å². The quantitative estimate of drug-likeness (QED) is 0.761. The number of methoxy groups -OCH3 is 1. The molecule has 0 amide bonds. The largest absolute Gasteiger partial charge is 0.480 e. The van der Waals surface area contributed by atoms with Crippen LogP contribution in [0.2, 0.25) is 0 Å². The van der Waals surface area contributed by atoms with E-state index in [1.807, 2.05) is 12.1 Å². The van der Waals surface area contributed by atoms with Crippen LogP contribution in [-0.4, -0.2) is 49.0 Å². The molecule has 1 aromatic heterocycles. The maximum absolute atomic E-state index is 13.1. The van der Waals surface area contributed by atoms with E-state index in [0.29, 0.717) is 23.2 Å². The third-order valence-electron chi connectivity index (χ3n) is 4.79. The molecule has 0 bridgehead atoms. The number of piperidine rings is 1. The minimum atomic E-state index is -3.57. The minimum absolute atomic E-state index is 0.0237. The van der Waals surface area contributed by atoms with E-state index >= 15 is 0 Å². The number of benzene rings is 1. The van der Waals surface area contributed by atoms with E-state index in [1.165, 1.54) is 23.8 Å². The van der Waals surface area contributed by atoms with E-state index in [2.05, 4.69) is 30.7 Å². The number of nitrogens with zero attached hydrogens (tertiary/aromatic N) is 3. The Hall–Kier alpha value is -2.19. The summed E-state index contributed by atoms with van der Waals surface area (Å²) in [5, 5.41) is 0. The van der Waals surface area contributed by atoms with Crippen molar-refractivity contribution in [2.45, 2.75) is 50.0 Å². The summed E-state index contributed by atoms with van der Waals surface area (Å²) in [5.41, 5.74) is 1.08. The molecule has 2 aromatic rings. The molecule has 1 aliphatic heterocycles. The number of aromatic nitrogens is 2. The molecular weight excluding hydrogens is 378 g/mol. The molecule has 3 rings (SSSR count). The van der Waals surface area contributed by atoms with Crippen LogP contribution in [0.4, 0.5) is 0 Å². The van der Waals surface area contributed by atoms with Gasteiger partial charge in [-0.2, -0.15) is 9.29 Å². The molecule has 0 radical (unpaired) electrons. The summed E-state index contributed by atoms with van der Waals surface area (Å²) in [6.07, 6.45) is 4.20. The third kappa shape index (κ3) is 4.62. The Labute approximate surface area is 166 Å². The van der Waals surface area contributed by atoms with Gasteiger partial charge in [-0.15, -0.1) is 0 Å². The maximum Gasteiger partial charge on any atom is 0.243 e. The summed E-state index contributed by atoms with van der Waals surface area (Å²) in [7, 11) is -2.06. The molecule has 0 spiro atoms. The summed E-state index contributed by atoms with van der Waals surface area (Å²) < 4.78 is 38.5. The van der Waals surface area contributed by atoms with Gasteiger partial charge in [0, 0.05) is 6.54 Å². The molecule has 0 saturated carbocycles. The lowest BCUT2D eigenvalue weighted by Gasteiger charge is -2.32. The highest BCUT2D eigenvalue weighted by molar-refractivity contribution is 7.89. The van der Waals surface area contributed by atoms with E-state index in [0.717, 1.165) is 18.4 Å². The van der Waals surface area contributed by atoms with Crippen LogP contribution in [0.1, 0.15) is 39.2 Å². The molecular formula is C20H27N3O4S. The Morgan fingerprint density at radius 1 is 1.11 bits per heavy atom. The second kappa shape index (κ2) is 8.05. The van der Waals surface area contributed by atoms with Crippen LogP contribution in [0.15, 0.2) is 41.6 Å². The molecule has 1 aliphatic rings. The van der Waals surface area contributed by atoms with Crippen LogP contribution in [-0.2, 0) is 15.4 Å². The van der Waals surface area contributed by atoms with Gasteiger partial charge in [0.25, 0.3) is 0 Å². The summed E-state index contributed by atoms with van der Waals surface area (Å²) in [5.74, 6) is 0.690. The van der Waals surface area contributed by atoms with E-state index in [9.17, 15) is 8.42 Å². The molecule has 28 heavy (non-hydrogen) atoms. The van der Waals surface area contributed by atoms with Crippen LogP contribution in [0.25, 0.3) is 0 Å². The van der Waals surface area contributed by atoms with Gasteiger partial charge in [0.2, 0.25) is 21.8 Å². The van der Waals surface area contributed by atoms with Crippen molar-refractivity contribution in [2.24, 2.45) is 0 Å². The van der Waals surface area contributed by atoms with Gasteiger partial charge in [0.05, 0.1) is 30.9 Å². The molecule has 7 nitrogen and oxygen atoms in total. The first-order chi connectivity index (χ1) is 13.2. The lowest BCUT2D eigenvalue weighted by molar-refractivity contribution is 0.123. The molecule has 1 aromatic carbocycles. The lowest BCUT2D eigenvalue weighted by Crippen LogP contribution is -2.44. The summed E-state index contributed by atoms with van der Waals surface area (Å²) >= 11 is 0. The van der Waals surface area contributed by atoms with Crippen molar-refractivity contribution in [3.8, 4) is 11.8 Å². The predicted octanol–water partition coefficient (Wildman–Crippen LogP) is 3.01. The molecule has 8 heteroatoms. The normalized spacial score (nSPS) is 18.6. The average Bonchev–Trinajstić information content (AvgIpc) is 2.68. The Morgan fingerprint density at radius 3 is 2.43 bits per heavy atom. The smallest absolute Gasteiger partial charge is 0.243 e.